The van der Waals surface area contributed by atoms with Crippen molar-refractivity contribution in [3.05, 3.63) is 31.6 Å². The van der Waals surface area contributed by atoms with E-state index in [2.05, 4.69) is 4.74 Å². The molecule has 19 heavy (non-hydrogen) atoms. The number of benzene rings is 1. The van der Waals surface area contributed by atoms with Crippen LogP contribution in [0.4, 0.5) is 10.1 Å². The number of nitrogens with zero attached hydrogens (tertiary/aromatic N) is 1. The molecule has 0 bridgehead atoms. The van der Waals surface area contributed by atoms with Crippen LogP contribution in [0.3, 0.4) is 0 Å². The Morgan fingerprint density at radius 3 is 2.79 bits per heavy atom. The Bertz CT molecular complexity index is 512. The summed E-state index contributed by atoms with van der Waals surface area (Å²) in [5.74, 6) is -0.924. The Balaban J connectivity index is 2.96. The van der Waals surface area contributed by atoms with E-state index in [1.807, 2.05) is 0 Å². The maximum absolute atomic E-state index is 13.5. The minimum atomic E-state index is -0.561. The fourth-order valence-corrected chi connectivity index (χ4v) is 2.86. The number of ether oxygens (including phenoxy) is 1. The van der Waals surface area contributed by atoms with E-state index >= 15 is 0 Å². The first-order chi connectivity index (χ1) is 8.85. The number of rotatable bonds is 5. The minimum Gasteiger partial charge on any atom is -0.469 e. The van der Waals surface area contributed by atoms with Gasteiger partial charge in [-0.05, 0) is 28.7 Å². The van der Waals surface area contributed by atoms with Crippen molar-refractivity contribution in [2.45, 2.75) is 23.5 Å². The highest BCUT2D eigenvalue weighted by atomic mass is 127. The summed E-state index contributed by atoms with van der Waals surface area (Å²) < 4.78 is 18.2. The second-order valence-corrected chi connectivity index (χ2v) is 6.34. The quantitative estimate of drug-likeness (QED) is 0.250. The highest BCUT2D eigenvalue weighted by Gasteiger charge is 2.21. The van der Waals surface area contributed by atoms with Crippen molar-refractivity contribution >= 4 is 46.0 Å². The molecule has 8 heteroatoms. The van der Waals surface area contributed by atoms with E-state index in [1.54, 1.807) is 29.5 Å². The smallest absolute Gasteiger partial charge is 0.306 e. The van der Waals surface area contributed by atoms with Crippen LogP contribution in [0.25, 0.3) is 0 Å². The Morgan fingerprint density at radius 1 is 1.63 bits per heavy atom. The molecule has 0 saturated carbocycles. The van der Waals surface area contributed by atoms with E-state index in [0.717, 1.165) is 17.8 Å². The molecule has 0 N–H and O–H groups in total. The highest BCUT2D eigenvalue weighted by molar-refractivity contribution is 14.1. The molecule has 0 heterocycles. The summed E-state index contributed by atoms with van der Waals surface area (Å²) in [5.41, 5.74) is -0.160. The number of esters is 1. The van der Waals surface area contributed by atoms with Gasteiger partial charge in [-0.2, -0.15) is 0 Å². The van der Waals surface area contributed by atoms with Crippen molar-refractivity contribution in [3.8, 4) is 0 Å². The molecular weight excluding hydrogens is 388 g/mol. The zero-order valence-corrected chi connectivity index (χ0v) is 13.2. The Kier molecular flexibility index (Phi) is 5.98. The Hall–Kier alpha value is -0.900. The molecule has 0 aliphatic rings. The highest BCUT2D eigenvalue weighted by Crippen LogP contribution is 2.35. The predicted octanol–water partition coefficient (Wildman–Crippen LogP) is 3.38. The number of carbonyl (C=O) groups excluding carboxylic acids is 1. The third-order valence-corrected chi connectivity index (χ3v) is 4.19. The lowest BCUT2D eigenvalue weighted by atomic mass is 10.3. The van der Waals surface area contributed by atoms with Gasteiger partial charge in [-0.3, -0.25) is 14.9 Å². The van der Waals surface area contributed by atoms with Crippen molar-refractivity contribution in [2.24, 2.45) is 0 Å². The monoisotopic (exact) mass is 399 g/mol. The standard InChI is InChI=1S/C11H11FINO4S/c1-6(3-11(15)18-2)19-10-4-7(12)8(13)5-9(10)14(16)17/h4-6H,3H2,1-2H3. The van der Waals surface area contributed by atoms with Crippen LogP contribution < -0.4 is 0 Å². The molecule has 0 fully saturated rings. The molecule has 0 radical (unpaired) electrons. The van der Waals surface area contributed by atoms with E-state index in [4.69, 9.17) is 0 Å². The van der Waals surface area contributed by atoms with Crippen LogP contribution in [0.5, 0.6) is 0 Å². The van der Waals surface area contributed by atoms with Gasteiger partial charge in [-0.25, -0.2) is 4.39 Å². The average Bonchev–Trinajstić information content (AvgIpc) is 2.32. The van der Waals surface area contributed by atoms with Gasteiger partial charge < -0.3 is 4.74 Å². The van der Waals surface area contributed by atoms with E-state index < -0.39 is 16.7 Å². The number of nitro benzene ring substituents is 1. The van der Waals surface area contributed by atoms with E-state index in [0.29, 0.717) is 0 Å². The normalized spacial score (nSPS) is 12.0. The van der Waals surface area contributed by atoms with Crippen LogP contribution in [0.2, 0.25) is 0 Å². The molecule has 0 aromatic heterocycles. The molecule has 1 aromatic carbocycles. The third kappa shape index (κ3) is 4.60. The van der Waals surface area contributed by atoms with Crippen molar-refractivity contribution in [1.29, 1.82) is 0 Å². The molecule has 104 valence electrons. The van der Waals surface area contributed by atoms with Crippen LogP contribution in [0, 0.1) is 19.5 Å². The number of halogens is 2. The maximum atomic E-state index is 13.5. The average molecular weight is 399 g/mol. The number of methoxy groups -OCH3 is 1. The second-order valence-electron chi connectivity index (χ2n) is 3.70. The van der Waals surface area contributed by atoms with E-state index in [1.165, 1.54) is 13.2 Å². The zero-order valence-electron chi connectivity index (χ0n) is 10.2. The molecule has 0 saturated heterocycles. The van der Waals surface area contributed by atoms with Crippen molar-refractivity contribution in [3.63, 3.8) is 0 Å². The van der Waals surface area contributed by atoms with Crippen LogP contribution in [-0.4, -0.2) is 23.3 Å². The zero-order chi connectivity index (χ0) is 14.6. The number of nitro groups is 1. The summed E-state index contributed by atoms with van der Waals surface area (Å²) in [7, 11) is 1.27. The first kappa shape index (κ1) is 16.2. The van der Waals surface area contributed by atoms with Gasteiger partial charge in [0.25, 0.3) is 5.69 Å². The van der Waals surface area contributed by atoms with Gasteiger partial charge in [-0.15, -0.1) is 11.8 Å². The van der Waals surface area contributed by atoms with E-state index in [-0.39, 0.29) is 25.8 Å². The maximum Gasteiger partial charge on any atom is 0.306 e. The molecule has 0 aliphatic carbocycles. The fourth-order valence-electron chi connectivity index (χ4n) is 1.33. The number of hydrogen-bond acceptors (Lipinski definition) is 5. The van der Waals surface area contributed by atoms with Crippen LogP contribution >= 0.6 is 34.4 Å². The number of hydrogen-bond donors (Lipinski definition) is 0. The van der Waals surface area contributed by atoms with Crippen molar-refractivity contribution in [1.82, 2.24) is 0 Å². The number of carbonyl (C=O) groups is 1. The summed E-state index contributed by atoms with van der Waals surface area (Å²) in [4.78, 5) is 21.7. The van der Waals surface area contributed by atoms with Gasteiger partial charge in [0.1, 0.15) is 5.82 Å². The van der Waals surface area contributed by atoms with Crippen molar-refractivity contribution in [2.75, 3.05) is 7.11 Å². The van der Waals surface area contributed by atoms with Gasteiger partial charge in [0.05, 0.1) is 26.9 Å². The van der Waals surface area contributed by atoms with Gasteiger partial charge >= 0.3 is 5.97 Å². The SMILES string of the molecule is COC(=O)CC(C)Sc1cc(F)c(I)cc1[N+](=O)[O-]. The molecule has 0 spiro atoms. The first-order valence-electron chi connectivity index (χ1n) is 5.22. The first-order valence-corrected chi connectivity index (χ1v) is 7.18. The molecule has 0 amide bonds. The fraction of sp³-hybridized carbons (Fsp3) is 0.364. The molecule has 1 unspecified atom stereocenters. The van der Waals surface area contributed by atoms with Crippen LogP contribution in [0.15, 0.2) is 17.0 Å². The van der Waals surface area contributed by atoms with Gasteiger partial charge in [0, 0.05) is 11.3 Å². The van der Waals surface area contributed by atoms with Gasteiger partial charge in [0.15, 0.2) is 0 Å². The van der Waals surface area contributed by atoms with E-state index in [9.17, 15) is 19.3 Å². The molecule has 0 aliphatic heterocycles. The lowest BCUT2D eigenvalue weighted by Gasteiger charge is -2.10. The molecule has 1 aromatic rings. The summed E-state index contributed by atoms with van der Waals surface area (Å²) in [6, 6.07) is 2.31. The van der Waals surface area contributed by atoms with Gasteiger partial charge in [-0.1, -0.05) is 6.92 Å². The topological polar surface area (TPSA) is 69.4 Å². The summed E-state index contributed by atoms with van der Waals surface area (Å²) in [6.45, 7) is 1.72. The second kappa shape index (κ2) is 7.04. The Morgan fingerprint density at radius 2 is 2.26 bits per heavy atom. The summed E-state index contributed by atoms with van der Waals surface area (Å²) >= 11 is 2.78. The van der Waals surface area contributed by atoms with Gasteiger partial charge in [0.2, 0.25) is 0 Å². The molecule has 1 rings (SSSR count). The predicted molar refractivity (Wildman–Crippen MR) is 77.7 cm³/mol. The Labute approximate surface area is 127 Å². The van der Waals surface area contributed by atoms with Crippen LogP contribution in [-0.2, 0) is 9.53 Å². The van der Waals surface area contributed by atoms with Crippen molar-refractivity contribution < 1.29 is 18.8 Å². The summed E-state index contributed by atoms with van der Waals surface area (Å²) in [5, 5.41) is 10.7. The largest absolute Gasteiger partial charge is 0.469 e. The number of thioether (sulfide) groups is 1. The van der Waals surface area contributed by atoms with Crippen LogP contribution in [0.1, 0.15) is 13.3 Å². The molecule has 5 nitrogen and oxygen atoms in total. The minimum absolute atomic E-state index is 0.103. The third-order valence-electron chi connectivity index (χ3n) is 2.21. The summed E-state index contributed by atoms with van der Waals surface area (Å²) in [6.07, 6.45) is 0.103. The lowest BCUT2D eigenvalue weighted by Crippen LogP contribution is -2.09. The molecule has 1 atom stereocenters. The molecular formula is C11H11FINO4S. The lowest BCUT2D eigenvalue weighted by molar-refractivity contribution is -0.387.